The van der Waals surface area contributed by atoms with E-state index in [4.69, 9.17) is 4.74 Å². The third kappa shape index (κ3) is 6.83. The normalized spacial score (nSPS) is 16.7. The smallest absolute Gasteiger partial charge is 0.182 e. The third-order valence-electron chi connectivity index (χ3n) is 1.39. The number of rotatable bonds is 5. The van der Waals surface area contributed by atoms with E-state index in [1.165, 1.54) is 0 Å². The topological polar surface area (TPSA) is 21.3 Å². The summed E-state index contributed by atoms with van der Waals surface area (Å²) in [4.78, 5) is 0. The lowest BCUT2D eigenvalue weighted by molar-refractivity contribution is 0.127. The van der Waals surface area contributed by atoms with Gasteiger partial charge in [0.2, 0.25) is 0 Å². The fraction of sp³-hybridized carbons (Fsp3) is 1.00. The van der Waals surface area contributed by atoms with Crippen LogP contribution in [0.2, 0.25) is 0 Å². The molecule has 0 spiro atoms. The quantitative estimate of drug-likeness (QED) is 0.443. The molecule has 0 bridgehead atoms. The van der Waals surface area contributed by atoms with Gasteiger partial charge in [0.1, 0.15) is 4.11 Å². The van der Waals surface area contributed by atoms with E-state index in [0.717, 1.165) is 13.0 Å². The van der Waals surface area contributed by atoms with Gasteiger partial charge in [-0.05, 0) is 19.4 Å². The number of hydrogen-bond donors (Lipinski definition) is 1. The highest BCUT2D eigenvalue weighted by Gasteiger charge is 1.98. The summed E-state index contributed by atoms with van der Waals surface area (Å²) in [6.45, 7) is 5.05. The maximum Gasteiger partial charge on any atom is 0.182 e. The third-order valence-corrected chi connectivity index (χ3v) is 1.75. The van der Waals surface area contributed by atoms with Crippen LogP contribution in [0.25, 0.3) is 0 Å². The lowest BCUT2D eigenvalue weighted by Crippen LogP contribution is -2.24. The van der Waals surface area contributed by atoms with Crippen molar-refractivity contribution in [3.8, 4) is 0 Å². The summed E-state index contributed by atoms with van der Waals surface area (Å²) in [7, 11) is 1.97. The fourth-order valence-electron chi connectivity index (χ4n) is 0.552. The van der Waals surface area contributed by atoms with E-state index in [-0.39, 0.29) is 0 Å². The second-order valence-corrected chi connectivity index (χ2v) is 4.15. The minimum Gasteiger partial charge on any atom is -0.368 e. The first-order valence-corrected chi connectivity index (χ1v) is 4.84. The van der Waals surface area contributed by atoms with Crippen molar-refractivity contribution in [3.63, 3.8) is 0 Å². The molecule has 0 heterocycles. The van der Waals surface area contributed by atoms with Crippen molar-refractivity contribution in [2.75, 3.05) is 6.61 Å². The molecule has 0 aliphatic carbocycles. The minimum absolute atomic E-state index is 0.335. The Bertz CT molecular complexity index is 82.1. The van der Waals surface area contributed by atoms with Gasteiger partial charge in [-0.3, -0.25) is 0 Å². The summed E-state index contributed by atoms with van der Waals surface area (Å²) in [5.41, 5.74) is 0. The van der Waals surface area contributed by atoms with Crippen LogP contribution in [0, 0.1) is 0 Å². The number of alkyl halides is 1. The van der Waals surface area contributed by atoms with Crippen molar-refractivity contribution in [1.82, 2.24) is 5.23 Å². The molecule has 0 aromatic rings. The van der Waals surface area contributed by atoms with Gasteiger partial charge in [0.25, 0.3) is 0 Å². The van der Waals surface area contributed by atoms with E-state index in [9.17, 15) is 0 Å². The molecule has 1 unspecified atom stereocenters. The molecule has 0 rings (SSSR count). The molecular formula is C6H15BINO. The molecule has 0 aromatic heterocycles. The SMILES string of the molecule is BN[C@@H](C)CCOC(C)I. The van der Waals surface area contributed by atoms with Crippen LogP contribution in [0.3, 0.4) is 0 Å². The number of nitrogens with one attached hydrogen (secondary N) is 1. The Morgan fingerprint density at radius 2 is 2.20 bits per heavy atom. The molecule has 0 amide bonds. The van der Waals surface area contributed by atoms with Gasteiger partial charge < -0.3 is 9.96 Å². The molecule has 0 fully saturated rings. The van der Waals surface area contributed by atoms with Crippen LogP contribution in [0.5, 0.6) is 0 Å². The van der Waals surface area contributed by atoms with Crippen LogP contribution in [-0.4, -0.2) is 24.7 Å². The summed E-state index contributed by atoms with van der Waals surface area (Å²) in [6.07, 6.45) is 1.09. The molecule has 4 heteroatoms. The Balaban J connectivity index is 3.03. The van der Waals surface area contributed by atoms with Crippen molar-refractivity contribution >= 4 is 30.6 Å². The molecule has 0 radical (unpaired) electrons. The highest BCUT2D eigenvalue weighted by atomic mass is 127. The van der Waals surface area contributed by atoms with Crippen LogP contribution < -0.4 is 5.23 Å². The standard InChI is InChI=1S/C6H15BINO/c1-5(9-7)3-4-10-6(2)8/h5-6,9H,3-4,7H2,1-2H3/t5-,6?/m0/s1. The van der Waals surface area contributed by atoms with Crippen molar-refractivity contribution in [1.29, 1.82) is 0 Å². The molecule has 2 atom stereocenters. The lowest BCUT2D eigenvalue weighted by atomic mass is 10.2. The van der Waals surface area contributed by atoms with Crippen LogP contribution in [0.1, 0.15) is 20.3 Å². The van der Waals surface area contributed by atoms with Gasteiger partial charge in [0.05, 0.1) is 0 Å². The van der Waals surface area contributed by atoms with Crippen molar-refractivity contribution < 1.29 is 4.74 Å². The lowest BCUT2D eigenvalue weighted by Gasteiger charge is -2.11. The zero-order chi connectivity index (χ0) is 7.98. The van der Waals surface area contributed by atoms with E-state index in [1.54, 1.807) is 0 Å². The van der Waals surface area contributed by atoms with Crippen LogP contribution >= 0.6 is 22.6 Å². The Kier molecular flexibility index (Phi) is 6.89. The molecule has 0 saturated heterocycles. The number of hydrogen-bond acceptors (Lipinski definition) is 2. The van der Waals surface area contributed by atoms with Crippen LogP contribution in [0.15, 0.2) is 0 Å². The summed E-state index contributed by atoms with van der Waals surface area (Å²) in [5, 5.41) is 3.16. The zero-order valence-electron chi connectivity index (χ0n) is 6.86. The van der Waals surface area contributed by atoms with Gasteiger partial charge >= 0.3 is 0 Å². The molecule has 0 aliphatic rings. The number of halogens is 1. The first kappa shape index (κ1) is 10.7. The first-order chi connectivity index (χ1) is 4.66. The molecule has 0 saturated carbocycles. The average Bonchev–Trinajstić information content (AvgIpc) is 1.87. The van der Waals surface area contributed by atoms with Gasteiger partial charge in [-0.25, -0.2) is 0 Å². The van der Waals surface area contributed by atoms with Crippen molar-refractivity contribution in [2.24, 2.45) is 0 Å². The minimum atomic E-state index is 0.335. The van der Waals surface area contributed by atoms with E-state index in [1.807, 2.05) is 14.9 Å². The van der Waals surface area contributed by atoms with Gasteiger partial charge in [-0.15, -0.1) is 0 Å². The molecule has 10 heavy (non-hydrogen) atoms. The Labute approximate surface area is 77.7 Å². The van der Waals surface area contributed by atoms with E-state index in [2.05, 4.69) is 34.7 Å². The Hall–Kier alpha value is 0.715. The number of ether oxygens (including phenoxy) is 1. The van der Waals surface area contributed by atoms with E-state index in [0.29, 0.717) is 10.2 Å². The van der Waals surface area contributed by atoms with Gasteiger partial charge in [0, 0.05) is 6.61 Å². The van der Waals surface area contributed by atoms with Crippen LogP contribution in [0.4, 0.5) is 0 Å². The molecule has 0 aliphatic heterocycles. The van der Waals surface area contributed by atoms with Gasteiger partial charge in [-0.1, -0.05) is 29.5 Å². The highest BCUT2D eigenvalue weighted by molar-refractivity contribution is 14.1. The second-order valence-electron chi connectivity index (χ2n) is 2.39. The predicted molar refractivity (Wildman–Crippen MR) is 55.2 cm³/mol. The maximum atomic E-state index is 5.36. The monoisotopic (exact) mass is 255 g/mol. The fourth-order valence-corrected chi connectivity index (χ4v) is 0.806. The largest absolute Gasteiger partial charge is 0.368 e. The molecule has 0 aromatic carbocycles. The van der Waals surface area contributed by atoms with Gasteiger partial charge in [-0.2, -0.15) is 0 Å². The van der Waals surface area contributed by atoms with E-state index >= 15 is 0 Å². The van der Waals surface area contributed by atoms with Crippen molar-refractivity contribution in [3.05, 3.63) is 0 Å². The summed E-state index contributed by atoms with van der Waals surface area (Å²) in [6, 6.07) is 0.565. The predicted octanol–water partition coefficient (Wildman–Crippen LogP) is 0.700. The second kappa shape index (κ2) is 6.43. The molecular weight excluding hydrogens is 240 g/mol. The van der Waals surface area contributed by atoms with E-state index < -0.39 is 0 Å². The average molecular weight is 255 g/mol. The molecule has 1 N–H and O–H groups in total. The summed E-state index contributed by atoms with van der Waals surface area (Å²) in [5.74, 6) is 0. The summed E-state index contributed by atoms with van der Waals surface area (Å²) < 4.78 is 5.70. The Morgan fingerprint density at radius 1 is 1.60 bits per heavy atom. The first-order valence-electron chi connectivity index (χ1n) is 3.59. The maximum absolute atomic E-state index is 5.36. The molecule has 2 nitrogen and oxygen atoms in total. The Morgan fingerprint density at radius 3 is 2.60 bits per heavy atom. The van der Waals surface area contributed by atoms with Gasteiger partial charge in [0.15, 0.2) is 7.98 Å². The van der Waals surface area contributed by atoms with Crippen LogP contribution in [-0.2, 0) is 4.74 Å². The van der Waals surface area contributed by atoms with Crippen molar-refractivity contribution in [2.45, 2.75) is 30.4 Å². The highest BCUT2D eigenvalue weighted by Crippen LogP contribution is 2.01. The molecule has 60 valence electrons. The summed E-state index contributed by atoms with van der Waals surface area (Å²) >= 11 is 2.26. The zero-order valence-corrected chi connectivity index (χ0v) is 9.01.